The minimum Gasteiger partial charge on any atom is -0.507 e. The molecule has 6 N–H and O–H groups in total. The number of phenolic OH excluding ortho intramolecular Hbond substituents is 1. The van der Waals surface area contributed by atoms with E-state index in [1.54, 1.807) is 24.3 Å². The molecule has 0 spiro atoms. The van der Waals surface area contributed by atoms with E-state index in [1.165, 1.54) is 18.2 Å². The van der Waals surface area contributed by atoms with E-state index in [1.807, 2.05) is 0 Å². The molecule has 10 heteroatoms. The van der Waals surface area contributed by atoms with Crippen LogP contribution < -0.4 is 10.1 Å². The summed E-state index contributed by atoms with van der Waals surface area (Å²) in [6.07, 6.45) is -4.14. The largest absolute Gasteiger partial charge is 0.507 e. The molecule has 0 aliphatic carbocycles. The summed E-state index contributed by atoms with van der Waals surface area (Å²) in [6, 6.07) is 9.44. The van der Waals surface area contributed by atoms with Gasteiger partial charge < -0.3 is 40.3 Å². The van der Waals surface area contributed by atoms with Crippen molar-refractivity contribution in [3.8, 4) is 11.5 Å². The van der Waals surface area contributed by atoms with Gasteiger partial charge in [-0.1, -0.05) is 18.2 Å². The highest BCUT2D eigenvalue weighted by Gasteiger charge is 2.44. The summed E-state index contributed by atoms with van der Waals surface area (Å²) >= 11 is 0. The number of aromatic hydroxyl groups is 1. The van der Waals surface area contributed by atoms with Gasteiger partial charge in [0.25, 0.3) is 5.91 Å². The summed E-state index contributed by atoms with van der Waals surface area (Å²) in [5, 5.41) is 51.1. The summed E-state index contributed by atoms with van der Waals surface area (Å²) in [5.74, 6) is -1.66. The predicted octanol–water partition coefficient (Wildman–Crippen LogP) is -0.482. The van der Waals surface area contributed by atoms with Crippen LogP contribution in [0.2, 0.25) is 0 Å². The number of carbonyl (C=O) groups excluding carboxylic acids is 2. The number of rotatable bonds is 7. The second-order valence-corrected chi connectivity index (χ2v) is 7.05. The van der Waals surface area contributed by atoms with Gasteiger partial charge in [0.05, 0.1) is 24.2 Å². The molecular weight excluding hydrogens is 410 g/mol. The van der Waals surface area contributed by atoms with Gasteiger partial charge >= 0.3 is 0 Å². The van der Waals surface area contributed by atoms with Crippen LogP contribution in [0.3, 0.4) is 0 Å². The van der Waals surface area contributed by atoms with Crippen molar-refractivity contribution in [3.63, 3.8) is 0 Å². The lowest BCUT2D eigenvalue weighted by Gasteiger charge is -2.40. The zero-order chi connectivity index (χ0) is 22.5. The molecule has 0 bridgehead atoms. The van der Waals surface area contributed by atoms with Crippen molar-refractivity contribution in [1.29, 1.82) is 0 Å². The average Bonchev–Trinajstić information content (AvgIpc) is 2.75. The molecule has 0 aromatic heterocycles. The van der Waals surface area contributed by atoms with Gasteiger partial charge in [-0.3, -0.25) is 9.59 Å². The zero-order valence-corrected chi connectivity index (χ0v) is 16.3. The molecule has 0 saturated carbocycles. The first-order chi connectivity index (χ1) is 14.8. The Balaban J connectivity index is 1.63. The third-order valence-corrected chi connectivity index (χ3v) is 5.04. The maximum absolute atomic E-state index is 12.5. The molecule has 2 aromatic carbocycles. The first-order valence-electron chi connectivity index (χ1n) is 9.46. The lowest BCUT2D eigenvalue weighted by molar-refractivity contribution is -0.293. The Kier molecular flexibility index (Phi) is 7.21. The van der Waals surface area contributed by atoms with Crippen LogP contribution in [-0.2, 0) is 11.3 Å². The van der Waals surface area contributed by atoms with Gasteiger partial charge in [-0.05, 0) is 29.8 Å². The molecule has 2 aromatic rings. The molecule has 166 valence electrons. The van der Waals surface area contributed by atoms with E-state index in [0.29, 0.717) is 11.8 Å². The van der Waals surface area contributed by atoms with Crippen molar-refractivity contribution in [2.75, 3.05) is 6.61 Å². The Labute approximate surface area is 177 Å². The molecule has 4 unspecified atom stereocenters. The first-order valence-corrected chi connectivity index (χ1v) is 9.46. The van der Waals surface area contributed by atoms with Crippen molar-refractivity contribution in [1.82, 2.24) is 5.32 Å². The minimum atomic E-state index is -1.65. The van der Waals surface area contributed by atoms with Gasteiger partial charge in [0.15, 0.2) is 18.9 Å². The lowest BCUT2D eigenvalue weighted by Crippen LogP contribution is -2.62. The number of amides is 1. The molecular formula is C21H23NO9. The van der Waals surface area contributed by atoms with E-state index in [9.17, 15) is 35.1 Å². The van der Waals surface area contributed by atoms with Gasteiger partial charge in [-0.25, -0.2) is 0 Å². The molecule has 1 saturated heterocycles. The van der Waals surface area contributed by atoms with Crippen LogP contribution in [0.15, 0.2) is 42.5 Å². The molecule has 1 aliphatic heterocycles. The summed E-state index contributed by atoms with van der Waals surface area (Å²) < 4.78 is 10.4. The fourth-order valence-electron chi connectivity index (χ4n) is 3.21. The lowest BCUT2D eigenvalue weighted by atomic mass is 9.92. The Morgan fingerprint density at radius 2 is 1.81 bits per heavy atom. The van der Waals surface area contributed by atoms with Gasteiger partial charge in [-0.15, -0.1) is 0 Å². The Morgan fingerprint density at radius 1 is 1.10 bits per heavy atom. The number of aldehydes is 1. The second-order valence-electron chi connectivity index (χ2n) is 7.05. The third kappa shape index (κ3) is 5.01. The van der Waals surface area contributed by atoms with Crippen LogP contribution >= 0.6 is 0 Å². The molecule has 10 nitrogen and oxygen atoms in total. The number of hydrogen-bond acceptors (Lipinski definition) is 9. The topological polar surface area (TPSA) is 166 Å². The summed E-state index contributed by atoms with van der Waals surface area (Å²) in [4.78, 5) is 23.6. The number of ether oxygens (including phenoxy) is 2. The van der Waals surface area contributed by atoms with E-state index in [4.69, 9.17) is 9.47 Å². The van der Waals surface area contributed by atoms with Crippen LogP contribution in [0.1, 0.15) is 26.3 Å². The van der Waals surface area contributed by atoms with Crippen LogP contribution in [0.25, 0.3) is 0 Å². The maximum atomic E-state index is 12.5. The molecule has 0 radical (unpaired) electrons. The van der Waals surface area contributed by atoms with Crippen LogP contribution in [0, 0.1) is 5.92 Å². The monoisotopic (exact) mass is 433 g/mol. The number of nitrogens with one attached hydrogen (secondary N) is 1. The molecule has 1 aliphatic rings. The van der Waals surface area contributed by atoms with Crippen LogP contribution in [-0.4, -0.2) is 69.1 Å². The molecule has 1 fully saturated rings. The number of carbonyl (C=O) groups is 2. The fourth-order valence-corrected chi connectivity index (χ4v) is 3.21. The summed E-state index contributed by atoms with van der Waals surface area (Å²) in [6.45, 7) is -0.517. The Hall–Kier alpha value is -3.02. The Morgan fingerprint density at radius 3 is 2.45 bits per heavy atom. The molecule has 5 atom stereocenters. The van der Waals surface area contributed by atoms with Crippen molar-refractivity contribution in [3.05, 3.63) is 59.2 Å². The number of hydrogen-bond donors (Lipinski definition) is 6. The van der Waals surface area contributed by atoms with E-state index >= 15 is 0 Å². The molecule has 1 heterocycles. The predicted molar refractivity (Wildman–Crippen MR) is 105 cm³/mol. The number of phenols is 1. The fraction of sp³-hybridized carbons (Fsp3) is 0.333. The number of aliphatic hydroxyl groups excluding tert-OH is 4. The summed E-state index contributed by atoms with van der Waals surface area (Å²) in [5.41, 5.74) is 0.943. The molecule has 3 rings (SSSR count). The SMILES string of the molecule is O=Cc1c(O)cccc1OCc1ccc(C(=O)NC2C(O)OC(O)[C@@H](CO)C2O)cc1. The van der Waals surface area contributed by atoms with Crippen LogP contribution in [0.5, 0.6) is 11.5 Å². The maximum Gasteiger partial charge on any atom is 0.251 e. The third-order valence-electron chi connectivity index (χ3n) is 5.04. The van der Waals surface area contributed by atoms with E-state index in [2.05, 4.69) is 5.32 Å². The van der Waals surface area contributed by atoms with E-state index in [0.717, 1.165) is 0 Å². The minimum absolute atomic E-state index is 0.0385. The van der Waals surface area contributed by atoms with Crippen LogP contribution in [0.4, 0.5) is 0 Å². The first kappa shape index (κ1) is 22.7. The van der Waals surface area contributed by atoms with Gasteiger partial charge in [-0.2, -0.15) is 0 Å². The van der Waals surface area contributed by atoms with E-state index in [-0.39, 0.29) is 29.2 Å². The quantitative estimate of drug-likeness (QED) is 0.316. The van der Waals surface area contributed by atoms with Gasteiger partial charge in [0, 0.05) is 5.56 Å². The number of benzene rings is 2. The van der Waals surface area contributed by atoms with Crippen molar-refractivity contribution in [2.24, 2.45) is 5.92 Å². The van der Waals surface area contributed by atoms with Crippen molar-refractivity contribution < 1.29 is 44.6 Å². The second kappa shape index (κ2) is 9.86. The normalized spacial score (nSPS) is 25.6. The smallest absolute Gasteiger partial charge is 0.251 e. The highest BCUT2D eigenvalue weighted by atomic mass is 16.7. The van der Waals surface area contributed by atoms with Crippen molar-refractivity contribution >= 4 is 12.2 Å². The average molecular weight is 433 g/mol. The van der Waals surface area contributed by atoms with Gasteiger partial charge in [0.1, 0.15) is 24.1 Å². The highest BCUT2D eigenvalue weighted by molar-refractivity contribution is 5.94. The standard InChI is InChI=1S/C21H23NO9/c23-8-13-15(25)2-1-3-16(13)30-10-11-4-6-12(7-5-11)19(27)22-17-18(26)14(9-24)20(28)31-21(17)29/h1-8,14,17-18,20-21,24-26,28-29H,9-10H2,(H,22,27)/t14-,17?,18?,20?,21?/m0/s1. The van der Waals surface area contributed by atoms with E-state index < -0.39 is 43.2 Å². The summed E-state index contributed by atoms with van der Waals surface area (Å²) in [7, 11) is 0. The van der Waals surface area contributed by atoms with Crippen molar-refractivity contribution in [2.45, 2.75) is 31.3 Å². The molecule has 31 heavy (non-hydrogen) atoms. The van der Waals surface area contributed by atoms with Gasteiger partial charge in [0.2, 0.25) is 0 Å². The Bertz CT molecular complexity index is 918. The number of aliphatic hydroxyl groups is 4. The zero-order valence-electron chi connectivity index (χ0n) is 16.3. The highest BCUT2D eigenvalue weighted by Crippen LogP contribution is 2.26. The molecule has 1 amide bonds.